The number of thioether (sulfide) groups is 1. The summed E-state index contributed by atoms with van der Waals surface area (Å²) in [5.41, 5.74) is 1.62. The van der Waals surface area contributed by atoms with Crippen molar-refractivity contribution >= 4 is 17.7 Å². The summed E-state index contributed by atoms with van der Waals surface area (Å²) in [6, 6.07) is 19.0. The van der Waals surface area contributed by atoms with Crippen LogP contribution < -0.4 is 11.0 Å². The van der Waals surface area contributed by atoms with E-state index in [2.05, 4.69) is 20.5 Å². The number of amides is 1. The molecule has 158 valence electrons. The maximum absolute atomic E-state index is 12.8. The van der Waals surface area contributed by atoms with Gasteiger partial charge in [-0.05, 0) is 11.1 Å². The van der Waals surface area contributed by atoms with Gasteiger partial charge in [0.05, 0.1) is 12.3 Å². The van der Waals surface area contributed by atoms with Crippen molar-refractivity contribution in [2.75, 3.05) is 5.75 Å². The predicted molar refractivity (Wildman–Crippen MR) is 119 cm³/mol. The average Bonchev–Trinajstić information content (AvgIpc) is 3.37. The molecule has 1 amide bonds. The Bertz CT molecular complexity index is 1200. The van der Waals surface area contributed by atoms with Crippen molar-refractivity contribution in [1.82, 2.24) is 29.6 Å². The van der Waals surface area contributed by atoms with Gasteiger partial charge in [0, 0.05) is 19.4 Å². The number of aromatic nitrogens is 5. The van der Waals surface area contributed by atoms with Gasteiger partial charge in [0.1, 0.15) is 11.9 Å². The molecule has 1 atom stereocenters. The quantitative estimate of drug-likeness (QED) is 0.415. The highest BCUT2D eigenvalue weighted by Crippen LogP contribution is 2.21. The van der Waals surface area contributed by atoms with Crippen LogP contribution in [0, 0.1) is 0 Å². The lowest BCUT2D eigenvalue weighted by atomic mass is 10.1. The number of carbonyl (C=O) groups is 1. The van der Waals surface area contributed by atoms with Crippen LogP contribution >= 0.6 is 11.8 Å². The lowest BCUT2D eigenvalue weighted by Gasteiger charge is -2.19. The number of benzene rings is 2. The molecule has 0 saturated carbocycles. The van der Waals surface area contributed by atoms with E-state index in [1.54, 1.807) is 6.20 Å². The summed E-state index contributed by atoms with van der Waals surface area (Å²) >= 11 is 1.22. The molecule has 8 nitrogen and oxygen atoms in total. The monoisotopic (exact) mass is 434 g/mol. The molecular formula is C22H22N6O2S. The second kappa shape index (κ2) is 9.48. The van der Waals surface area contributed by atoms with Crippen LogP contribution in [0.2, 0.25) is 0 Å². The first-order chi connectivity index (χ1) is 15.1. The van der Waals surface area contributed by atoms with Crippen molar-refractivity contribution in [2.24, 2.45) is 7.05 Å². The van der Waals surface area contributed by atoms with Gasteiger partial charge in [0.25, 0.3) is 0 Å². The number of imidazole rings is 1. The van der Waals surface area contributed by atoms with E-state index in [1.807, 2.05) is 78.5 Å². The molecule has 4 aromatic rings. The van der Waals surface area contributed by atoms with Crippen LogP contribution in [0.5, 0.6) is 0 Å². The molecule has 31 heavy (non-hydrogen) atoms. The molecule has 0 fully saturated rings. The second-order valence-electron chi connectivity index (χ2n) is 6.98. The van der Waals surface area contributed by atoms with Gasteiger partial charge in [-0.3, -0.25) is 9.36 Å². The number of hydrogen-bond acceptors (Lipinski definition) is 5. The first-order valence-electron chi connectivity index (χ1n) is 9.75. The number of nitrogens with one attached hydrogen (secondary N) is 2. The zero-order valence-corrected chi connectivity index (χ0v) is 17.7. The molecule has 0 aliphatic carbocycles. The summed E-state index contributed by atoms with van der Waals surface area (Å²) in [6.45, 7) is 0.389. The molecule has 0 radical (unpaired) electrons. The molecule has 2 aromatic heterocycles. The summed E-state index contributed by atoms with van der Waals surface area (Å²) in [7, 11) is 1.89. The number of rotatable bonds is 8. The molecule has 2 aromatic carbocycles. The van der Waals surface area contributed by atoms with Gasteiger partial charge < -0.3 is 9.88 Å². The normalized spacial score (nSPS) is 11.9. The largest absolute Gasteiger partial charge is 0.344 e. The third kappa shape index (κ3) is 4.95. The van der Waals surface area contributed by atoms with Gasteiger partial charge in [-0.2, -0.15) is 0 Å². The van der Waals surface area contributed by atoms with E-state index in [0.717, 1.165) is 17.0 Å². The lowest BCUT2D eigenvalue weighted by Crippen LogP contribution is -2.32. The number of aryl methyl sites for hydroxylation is 1. The highest BCUT2D eigenvalue weighted by atomic mass is 32.2. The Morgan fingerprint density at radius 1 is 1.13 bits per heavy atom. The Kier molecular flexibility index (Phi) is 6.32. The van der Waals surface area contributed by atoms with Crippen LogP contribution in [0.15, 0.2) is 83.0 Å². The molecule has 0 aliphatic rings. The first-order valence-corrected chi connectivity index (χ1v) is 10.7. The second-order valence-corrected chi connectivity index (χ2v) is 7.92. The van der Waals surface area contributed by atoms with Crippen LogP contribution in [0.1, 0.15) is 23.0 Å². The average molecular weight is 435 g/mol. The molecule has 0 spiro atoms. The van der Waals surface area contributed by atoms with Crippen LogP contribution in [0.25, 0.3) is 0 Å². The maximum Gasteiger partial charge on any atom is 0.344 e. The highest BCUT2D eigenvalue weighted by molar-refractivity contribution is 7.99. The van der Waals surface area contributed by atoms with Crippen molar-refractivity contribution in [3.63, 3.8) is 0 Å². The third-order valence-electron chi connectivity index (χ3n) is 4.79. The summed E-state index contributed by atoms with van der Waals surface area (Å²) in [5.74, 6) is 0.682. The van der Waals surface area contributed by atoms with E-state index in [1.165, 1.54) is 16.3 Å². The van der Waals surface area contributed by atoms with Gasteiger partial charge in [0.15, 0.2) is 5.16 Å². The summed E-state index contributed by atoms with van der Waals surface area (Å²) in [5, 5.41) is 10.1. The molecule has 0 bridgehead atoms. The predicted octanol–water partition coefficient (Wildman–Crippen LogP) is 2.35. The molecular weight excluding hydrogens is 412 g/mol. The SMILES string of the molecule is Cn1ccnc1C(NC(=O)CSc1n[nH]c(=O)n1Cc1ccccc1)c1ccccc1. The zero-order valence-electron chi connectivity index (χ0n) is 16.9. The van der Waals surface area contributed by atoms with Crippen molar-refractivity contribution in [3.8, 4) is 0 Å². The van der Waals surface area contributed by atoms with Crippen molar-refractivity contribution in [3.05, 3.63) is 100 Å². The number of hydrogen-bond donors (Lipinski definition) is 2. The fourth-order valence-electron chi connectivity index (χ4n) is 3.25. The zero-order chi connectivity index (χ0) is 21.6. The number of H-pyrrole nitrogens is 1. The smallest absolute Gasteiger partial charge is 0.341 e. The fraction of sp³-hybridized carbons (Fsp3) is 0.182. The Morgan fingerprint density at radius 3 is 2.52 bits per heavy atom. The highest BCUT2D eigenvalue weighted by Gasteiger charge is 2.21. The van der Waals surface area contributed by atoms with Crippen LogP contribution in [0.3, 0.4) is 0 Å². The first kappa shape index (κ1) is 20.7. The summed E-state index contributed by atoms with van der Waals surface area (Å²) in [6.07, 6.45) is 3.55. The van der Waals surface area contributed by atoms with E-state index in [-0.39, 0.29) is 23.4 Å². The summed E-state index contributed by atoms with van der Waals surface area (Å²) < 4.78 is 3.41. The van der Waals surface area contributed by atoms with Crippen LogP contribution in [-0.2, 0) is 18.4 Å². The van der Waals surface area contributed by atoms with Crippen molar-refractivity contribution in [2.45, 2.75) is 17.7 Å². The van der Waals surface area contributed by atoms with E-state index in [4.69, 9.17) is 0 Å². The number of nitrogens with zero attached hydrogens (tertiary/aromatic N) is 4. The van der Waals surface area contributed by atoms with Crippen LogP contribution in [0.4, 0.5) is 0 Å². The molecule has 9 heteroatoms. The van der Waals surface area contributed by atoms with Gasteiger partial charge in [0.2, 0.25) is 5.91 Å². The van der Waals surface area contributed by atoms with E-state index in [0.29, 0.717) is 11.7 Å². The lowest BCUT2D eigenvalue weighted by molar-refractivity contribution is -0.119. The van der Waals surface area contributed by atoms with Crippen molar-refractivity contribution in [1.29, 1.82) is 0 Å². The van der Waals surface area contributed by atoms with E-state index < -0.39 is 0 Å². The fourth-order valence-corrected chi connectivity index (χ4v) is 4.01. The number of aromatic amines is 1. The minimum absolute atomic E-state index is 0.118. The number of carbonyl (C=O) groups excluding carboxylic acids is 1. The van der Waals surface area contributed by atoms with Crippen molar-refractivity contribution < 1.29 is 4.79 Å². The van der Waals surface area contributed by atoms with E-state index in [9.17, 15) is 9.59 Å². The molecule has 1 unspecified atom stereocenters. The molecule has 4 rings (SSSR count). The van der Waals surface area contributed by atoms with Gasteiger partial charge in [-0.25, -0.2) is 14.9 Å². The third-order valence-corrected chi connectivity index (χ3v) is 5.77. The Balaban J connectivity index is 1.46. The molecule has 0 aliphatic heterocycles. The Morgan fingerprint density at radius 2 is 1.84 bits per heavy atom. The minimum Gasteiger partial charge on any atom is -0.341 e. The molecule has 0 saturated heterocycles. The molecule has 2 heterocycles. The topological polar surface area (TPSA) is 97.6 Å². The standard InChI is InChI=1S/C22H22N6O2S/c1-27-13-12-23-20(27)19(17-10-6-3-7-11-17)24-18(29)15-31-22-26-25-21(30)28(22)14-16-8-4-2-5-9-16/h2-13,19H,14-15H2,1H3,(H,24,29)(H,25,30). The minimum atomic E-state index is -0.375. The maximum atomic E-state index is 12.8. The van der Waals surface area contributed by atoms with Gasteiger partial charge in [-0.1, -0.05) is 72.4 Å². The van der Waals surface area contributed by atoms with Gasteiger partial charge in [-0.15, -0.1) is 5.10 Å². The summed E-state index contributed by atoms with van der Waals surface area (Å²) in [4.78, 5) is 29.4. The van der Waals surface area contributed by atoms with E-state index >= 15 is 0 Å². The molecule has 2 N–H and O–H groups in total. The Labute approximate surface area is 183 Å². The van der Waals surface area contributed by atoms with Crippen LogP contribution in [-0.4, -0.2) is 36.0 Å². The van der Waals surface area contributed by atoms with Gasteiger partial charge >= 0.3 is 5.69 Å². The Hall–Kier alpha value is -3.59.